The third-order valence-corrected chi connectivity index (χ3v) is 15.9. The molecule has 0 saturated carbocycles. The van der Waals surface area contributed by atoms with Crippen LogP contribution in [-0.4, -0.2) is 112 Å². The van der Waals surface area contributed by atoms with Crippen molar-refractivity contribution in [3.63, 3.8) is 0 Å². The van der Waals surface area contributed by atoms with Crippen LogP contribution in [0.2, 0.25) is 5.02 Å². The molecule has 0 unspecified atom stereocenters. The number of carbonyl (C=O) groups excluding carboxylic acids is 4. The monoisotopic (exact) mass is 1060 g/mol. The molecule has 4 atom stereocenters. The molecule has 0 radical (unpaired) electrons. The number of hydrogen-bond donors (Lipinski definition) is 5. The van der Waals surface area contributed by atoms with E-state index in [9.17, 15) is 28.8 Å². The van der Waals surface area contributed by atoms with Gasteiger partial charge in [0, 0.05) is 44.7 Å². The van der Waals surface area contributed by atoms with E-state index in [0.29, 0.717) is 65.5 Å². The number of thiazole rings is 1. The topological polar surface area (TPSA) is 208 Å². The SMILES string of the molecule is COc1cc(CCN(C)C(=O)CCCCCCC(=O)N[C@H](C(=O)N2C[C@H](O)C[C@@H]2C(=O)N[C@@H](C)c2ccc(-c3scnc3C)cc2)C(C)(C)C)c(C)cc1Nc1ncc(Cl)c(Nc2ccccc2P(C)(C)=O)n1. The van der Waals surface area contributed by atoms with E-state index in [-0.39, 0.29) is 49.1 Å². The number of unbranched alkanes of at least 4 members (excludes halogenated alkanes) is 3. The molecule has 5 aromatic rings. The van der Waals surface area contributed by atoms with Crippen LogP contribution in [0, 0.1) is 19.3 Å². The zero-order chi connectivity index (χ0) is 53.2. The van der Waals surface area contributed by atoms with E-state index in [0.717, 1.165) is 45.7 Å². The van der Waals surface area contributed by atoms with Gasteiger partial charge < -0.3 is 45.5 Å². The number of hydrogen-bond acceptors (Lipinski definition) is 13. The molecule has 2 aromatic heterocycles. The number of methoxy groups -OCH3 is 1. The average molecular weight is 1060 g/mol. The fourth-order valence-electron chi connectivity index (χ4n) is 8.85. The first-order valence-corrected chi connectivity index (χ1v) is 28.6. The van der Waals surface area contributed by atoms with Crippen molar-refractivity contribution in [3.05, 3.63) is 99.8 Å². The number of anilines is 4. The first-order chi connectivity index (χ1) is 34.5. The second-order valence-electron chi connectivity index (χ2n) is 20.3. The van der Waals surface area contributed by atoms with Gasteiger partial charge in [-0.25, -0.2) is 9.97 Å². The van der Waals surface area contributed by atoms with Gasteiger partial charge in [0.15, 0.2) is 5.82 Å². The lowest BCUT2D eigenvalue weighted by Gasteiger charge is -2.35. The van der Waals surface area contributed by atoms with Crippen molar-refractivity contribution in [1.82, 2.24) is 35.4 Å². The molecular weight excluding hydrogens is 985 g/mol. The number of aromatic nitrogens is 3. The number of ether oxygens (including phenoxy) is 1. The van der Waals surface area contributed by atoms with Crippen LogP contribution in [0.15, 0.2) is 72.4 Å². The van der Waals surface area contributed by atoms with Crippen LogP contribution in [0.25, 0.3) is 10.4 Å². The molecule has 6 rings (SSSR count). The summed E-state index contributed by atoms with van der Waals surface area (Å²) in [6, 6.07) is 17.0. The summed E-state index contributed by atoms with van der Waals surface area (Å²) >= 11 is 8.05. The predicted octanol–water partition coefficient (Wildman–Crippen LogP) is 9.33. The van der Waals surface area contributed by atoms with Gasteiger partial charge in [-0.2, -0.15) is 4.98 Å². The number of carbonyl (C=O) groups is 4. The van der Waals surface area contributed by atoms with E-state index >= 15 is 0 Å². The van der Waals surface area contributed by atoms with Crippen LogP contribution in [0.5, 0.6) is 5.75 Å². The van der Waals surface area contributed by atoms with Gasteiger partial charge in [-0.05, 0) is 105 Å². The highest BCUT2D eigenvalue weighted by molar-refractivity contribution is 7.70. The summed E-state index contributed by atoms with van der Waals surface area (Å²) in [7, 11) is 0.795. The van der Waals surface area contributed by atoms with Gasteiger partial charge in [0.25, 0.3) is 0 Å². The Morgan fingerprint density at radius 1 is 0.959 bits per heavy atom. The summed E-state index contributed by atoms with van der Waals surface area (Å²) in [4.78, 5) is 71.9. The van der Waals surface area contributed by atoms with Crippen molar-refractivity contribution in [2.75, 3.05) is 51.2 Å². The number of nitrogens with one attached hydrogen (secondary N) is 4. The molecule has 1 fully saturated rings. The molecule has 0 spiro atoms. The number of rotatable bonds is 22. The van der Waals surface area contributed by atoms with E-state index in [1.54, 1.807) is 43.7 Å². The van der Waals surface area contributed by atoms with Crippen molar-refractivity contribution in [2.24, 2.45) is 5.41 Å². The second kappa shape index (κ2) is 24.9. The highest BCUT2D eigenvalue weighted by Gasteiger charge is 2.44. The molecule has 3 aromatic carbocycles. The van der Waals surface area contributed by atoms with Gasteiger partial charge in [0.1, 0.15) is 30.0 Å². The van der Waals surface area contributed by atoms with Gasteiger partial charge in [-0.3, -0.25) is 19.2 Å². The molecule has 1 aliphatic rings. The van der Waals surface area contributed by atoms with Crippen molar-refractivity contribution in [1.29, 1.82) is 0 Å². The number of β-amino-alcohol motifs (C(OH)–C–C–N with tert-alkyl or cyclic N) is 1. The summed E-state index contributed by atoms with van der Waals surface area (Å²) in [6.07, 6.45) is 4.67. The molecule has 1 saturated heterocycles. The zero-order valence-electron chi connectivity index (χ0n) is 43.7. The van der Waals surface area contributed by atoms with Gasteiger partial charge in [0.05, 0.1) is 52.9 Å². The van der Waals surface area contributed by atoms with Crippen molar-refractivity contribution in [3.8, 4) is 16.2 Å². The standard InChI is InChI=1S/C54H71ClN9O7PS/c1-33-27-42(60-53-56-30-40(55)50(62-53)59-41-17-15-16-18-45(41)72(9,10)70)44(71-8)28-38(33)25-26-63(7)47(67)20-14-12-11-13-19-46(66)61-49(54(4,5)6)52(69)64-31-39(65)29-43(64)51(68)58-34(2)36-21-23-37(24-22-36)48-35(3)57-32-73-48/h15-18,21-24,27-28,30,32,34,39,43,49,65H,11-14,19-20,25-26,29,31H2,1-10H3,(H,58,68)(H,61,66)(H2,56,59,60,62)/t34-,39+,43+,49+/m0/s1. The molecule has 73 heavy (non-hydrogen) atoms. The summed E-state index contributed by atoms with van der Waals surface area (Å²) in [6.45, 7) is 15.4. The minimum Gasteiger partial charge on any atom is -0.495 e. The highest BCUT2D eigenvalue weighted by Crippen LogP contribution is 2.39. The third kappa shape index (κ3) is 15.1. The lowest BCUT2D eigenvalue weighted by molar-refractivity contribution is -0.144. The minimum atomic E-state index is -2.59. The van der Waals surface area contributed by atoms with Crippen LogP contribution in [0.3, 0.4) is 0 Å². The summed E-state index contributed by atoms with van der Waals surface area (Å²) < 4.78 is 18.7. The molecule has 0 aliphatic carbocycles. The Kier molecular flexibility index (Phi) is 19.3. The highest BCUT2D eigenvalue weighted by atomic mass is 35.5. The lowest BCUT2D eigenvalue weighted by Crippen LogP contribution is -2.57. The predicted molar refractivity (Wildman–Crippen MR) is 292 cm³/mol. The van der Waals surface area contributed by atoms with Crippen LogP contribution in [-0.2, 0) is 30.2 Å². The van der Waals surface area contributed by atoms with Crippen LogP contribution in [0.1, 0.15) is 101 Å². The third-order valence-electron chi connectivity index (χ3n) is 13.1. The largest absolute Gasteiger partial charge is 0.495 e. The Morgan fingerprint density at radius 3 is 2.32 bits per heavy atom. The molecule has 0 bridgehead atoms. The number of likely N-dealkylation sites (tertiary alicyclic amines) is 1. The summed E-state index contributed by atoms with van der Waals surface area (Å²) in [5.74, 6) is 0.215. The maximum Gasteiger partial charge on any atom is 0.246 e. The maximum absolute atomic E-state index is 14.1. The number of amides is 4. The molecule has 3 heterocycles. The van der Waals surface area contributed by atoms with Crippen LogP contribution < -0.4 is 31.3 Å². The first kappa shape index (κ1) is 56.4. The maximum atomic E-state index is 14.1. The molecule has 16 nitrogen and oxygen atoms in total. The summed E-state index contributed by atoms with van der Waals surface area (Å²) in [5.41, 5.74) is 7.36. The van der Waals surface area contributed by atoms with E-state index in [1.807, 2.05) is 108 Å². The number of aliphatic hydroxyl groups is 1. The van der Waals surface area contributed by atoms with E-state index < -0.39 is 36.7 Å². The van der Waals surface area contributed by atoms with Crippen molar-refractivity contribution < 1.29 is 33.6 Å². The fraction of sp³-hybridized carbons (Fsp3) is 0.463. The number of benzene rings is 3. The molecule has 1 aliphatic heterocycles. The van der Waals surface area contributed by atoms with Gasteiger partial charge in [0.2, 0.25) is 29.6 Å². The number of aryl methyl sites for hydroxylation is 2. The molecule has 19 heteroatoms. The average Bonchev–Trinajstić information content (AvgIpc) is 3.96. The van der Waals surface area contributed by atoms with E-state index in [4.69, 9.17) is 16.3 Å². The van der Waals surface area contributed by atoms with Gasteiger partial charge in [-0.15, -0.1) is 11.3 Å². The van der Waals surface area contributed by atoms with Crippen molar-refractivity contribution in [2.45, 2.75) is 117 Å². The Hall–Kier alpha value is -5.87. The smallest absolute Gasteiger partial charge is 0.246 e. The molecule has 5 N–H and O–H groups in total. The normalized spacial score (nSPS) is 15.6. The molecule has 4 amide bonds. The minimum absolute atomic E-state index is 0.00516. The van der Waals surface area contributed by atoms with Gasteiger partial charge in [-0.1, -0.05) is 81.6 Å². The quantitative estimate of drug-likeness (QED) is 0.0325. The van der Waals surface area contributed by atoms with Crippen LogP contribution >= 0.6 is 30.1 Å². The molecular formula is C54H71ClN9O7PS. The van der Waals surface area contributed by atoms with E-state index in [1.165, 1.54) is 11.1 Å². The number of likely N-dealkylation sites (N-methyl/N-ethyl adjacent to an activating group) is 1. The Labute approximate surface area is 438 Å². The molecule has 392 valence electrons. The zero-order valence-corrected chi connectivity index (χ0v) is 46.1. The Bertz CT molecular complexity index is 2800. The number of nitrogens with zero attached hydrogens (tertiary/aromatic N) is 5. The second-order valence-corrected chi connectivity index (χ2v) is 24.8. The van der Waals surface area contributed by atoms with Crippen LogP contribution in [0.4, 0.5) is 23.1 Å². The number of para-hydroxylation sites is 1. The Balaban J connectivity index is 0.930. The van der Waals surface area contributed by atoms with E-state index in [2.05, 4.69) is 36.2 Å². The number of halogens is 1. The fourth-order valence-corrected chi connectivity index (χ4v) is 11.0. The Morgan fingerprint density at radius 2 is 1.66 bits per heavy atom. The summed E-state index contributed by atoms with van der Waals surface area (Å²) in [5, 5.41) is 24.1. The number of aliphatic hydroxyl groups excluding tert-OH is 1. The lowest BCUT2D eigenvalue weighted by atomic mass is 9.85. The van der Waals surface area contributed by atoms with Crippen molar-refractivity contribution >= 4 is 82.2 Å². The van der Waals surface area contributed by atoms with Gasteiger partial charge >= 0.3 is 0 Å². The first-order valence-electron chi connectivity index (χ1n) is 24.7.